The van der Waals surface area contributed by atoms with Gasteiger partial charge in [-0.3, -0.25) is 4.79 Å². The van der Waals surface area contributed by atoms with Gasteiger partial charge in [0.1, 0.15) is 0 Å². The molecule has 0 unspecified atom stereocenters. The number of carbonyl (C=O) groups is 1. The number of amides is 1. The number of nitrogens with zero attached hydrogens (tertiary/aromatic N) is 1. The van der Waals surface area contributed by atoms with Gasteiger partial charge in [0.15, 0.2) is 5.15 Å². The average Bonchev–Trinajstić information content (AvgIpc) is 2.43. The zero-order chi connectivity index (χ0) is 13.8. The van der Waals surface area contributed by atoms with Crippen molar-refractivity contribution in [3.63, 3.8) is 0 Å². The van der Waals surface area contributed by atoms with E-state index in [0.29, 0.717) is 16.8 Å². The third-order valence-corrected chi connectivity index (χ3v) is 4.09. The third-order valence-electron chi connectivity index (χ3n) is 3.78. The second-order valence-electron chi connectivity index (χ2n) is 5.29. The molecule has 1 aliphatic carbocycles. The Hall–Kier alpha value is -1.13. The maximum absolute atomic E-state index is 12.2. The fraction of sp³-hybridized carbons (Fsp3) is 0.571. The van der Waals surface area contributed by atoms with Crippen LogP contribution in [-0.4, -0.2) is 17.4 Å². The number of carbonyl (C=O) groups excluding carboxylic acids is 1. The Bertz CT molecular complexity index is 456. The second-order valence-corrected chi connectivity index (χ2v) is 5.65. The molecule has 1 aromatic rings. The van der Waals surface area contributed by atoms with Crippen molar-refractivity contribution >= 4 is 23.2 Å². The number of hydrogen-bond donors (Lipinski definition) is 2. The zero-order valence-corrected chi connectivity index (χ0v) is 11.9. The van der Waals surface area contributed by atoms with E-state index in [1.807, 2.05) is 13.0 Å². The molecule has 4 nitrogen and oxygen atoms in total. The zero-order valence-electron chi connectivity index (χ0n) is 11.2. The molecule has 5 heteroatoms. The fourth-order valence-corrected chi connectivity index (χ4v) is 2.69. The maximum atomic E-state index is 12.2. The van der Waals surface area contributed by atoms with Crippen LogP contribution in [0.1, 0.15) is 31.2 Å². The van der Waals surface area contributed by atoms with E-state index in [9.17, 15) is 4.79 Å². The minimum atomic E-state index is 0.0461. The second kappa shape index (κ2) is 6.35. The van der Waals surface area contributed by atoms with Crippen LogP contribution in [0, 0.1) is 18.8 Å². The molecule has 0 spiro atoms. The van der Waals surface area contributed by atoms with Gasteiger partial charge in [-0.05, 0) is 56.7 Å². The Kier molecular flexibility index (Phi) is 4.77. The van der Waals surface area contributed by atoms with Gasteiger partial charge in [0.2, 0.25) is 5.91 Å². The average molecular weight is 282 g/mol. The van der Waals surface area contributed by atoms with E-state index in [2.05, 4.69) is 10.3 Å². The molecular weight excluding hydrogens is 262 g/mol. The highest BCUT2D eigenvalue weighted by Crippen LogP contribution is 2.29. The van der Waals surface area contributed by atoms with E-state index in [1.165, 1.54) is 0 Å². The number of nitrogens with one attached hydrogen (secondary N) is 1. The van der Waals surface area contributed by atoms with E-state index >= 15 is 0 Å². The van der Waals surface area contributed by atoms with E-state index in [1.54, 1.807) is 6.20 Å². The van der Waals surface area contributed by atoms with Crippen molar-refractivity contribution in [2.75, 3.05) is 11.9 Å². The van der Waals surface area contributed by atoms with Gasteiger partial charge in [-0.25, -0.2) is 4.98 Å². The Morgan fingerprint density at radius 3 is 2.79 bits per heavy atom. The molecule has 0 atom stereocenters. The molecule has 1 aromatic heterocycles. The van der Waals surface area contributed by atoms with Crippen molar-refractivity contribution in [1.82, 2.24) is 4.98 Å². The van der Waals surface area contributed by atoms with Crippen molar-refractivity contribution < 1.29 is 4.79 Å². The Morgan fingerprint density at radius 1 is 1.47 bits per heavy atom. The van der Waals surface area contributed by atoms with Crippen LogP contribution in [0.25, 0.3) is 0 Å². The van der Waals surface area contributed by atoms with Crippen LogP contribution in [0.3, 0.4) is 0 Å². The molecule has 3 N–H and O–H groups in total. The molecule has 1 fully saturated rings. The van der Waals surface area contributed by atoms with Crippen LogP contribution >= 0.6 is 11.6 Å². The Labute approximate surface area is 118 Å². The summed E-state index contributed by atoms with van der Waals surface area (Å²) in [6.07, 6.45) is 5.57. The Morgan fingerprint density at radius 2 is 2.16 bits per heavy atom. The monoisotopic (exact) mass is 281 g/mol. The topological polar surface area (TPSA) is 68.0 Å². The first-order chi connectivity index (χ1) is 9.10. The summed E-state index contributed by atoms with van der Waals surface area (Å²) in [6, 6.07) is 1.85. The number of rotatable bonds is 3. The van der Waals surface area contributed by atoms with E-state index in [4.69, 9.17) is 17.3 Å². The molecular formula is C14H20ClN3O. The number of aryl methyl sites for hydroxylation is 1. The summed E-state index contributed by atoms with van der Waals surface area (Å²) in [5.41, 5.74) is 7.24. The minimum Gasteiger partial charge on any atom is -0.330 e. The molecule has 0 radical (unpaired) electrons. The predicted octanol–water partition coefficient (Wildman–Crippen LogP) is 2.75. The smallest absolute Gasteiger partial charge is 0.227 e. The lowest BCUT2D eigenvalue weighted by atomic mass is 9.81. The van der Waals surface area contributed by atoms with E-state index in [-0.39, 0.29) is 11.8 Å². The van der Waals surface area contributed by atoms with Crippen LogP contribution in [0.5, 0.6) is 0 Å². The van der Waals surface area contributed by atoms with Gasteiger partial charge in [0, 0.05) is 12.1 Å². The van der Waals surface area contributed by atoms with Crippen LogP contribution in [-0.2, 0) is 4.79 Å². The largest absolute Gasteiger partial charge is 0.330 e. The molecule has 19 heavy (non-hydrogen) atoms. The summed E-state index contributed by atoms with van der Waals surface area (Å²) >= 11 is 5.98. The highest BCUT2D eigenvalue weighted by Gasteiger charge is 2.26. The van der Waals surface area contributed by atoms with Gasteiger partial charge in [-0.2, -0.15) is 0 Å². The lowest BCUT2D eigenvalue weighted by Gasteiger charge is -2.26. The predicted molar refractivity (Wildman–Crippen MR) is 77.1 cm³/mol. The third kappa shape index (κ3) is 3.67. The van der Waals surface area contributed by atoms with Gasteiger partial charge in [0.25, 0.3) is 0 Å². The first kappa shape index (κ1) is 14.3. The van der Waals surface area contributed by atoms with Gasteiger partial charge in [0.05, 0.1) is 5.69 Å². The summed E-state index contributed by atoms with van der Waals surface area (Å²) in [5.74, 6) is 0.692. The Balaban J connectivity index is 1.96. The number of aromatic nitrogens is 1. The molecule has 104 valence electrons. The van der Waals surface area contributed by atoms with Gasteiger partial charge >= 0.3 is 0 Å². The molecule has 0 aromatic carbocycles. The van der Waals surface area contributed by atoms with Crippen molar-refractivity contribution in [3.05, 3.63) is 23.0 Å². The number of hydrogen-bond acceptors (Lipinski definition) is 3. The van der Waals surface area contributed by atoms with Crippen LogP contribution in [0.2, 0.25) is 5.15 Å². The molecule has 0 aliphatic heterocycles. The number of pyridine rings is 1. The summed E-state index contributed by atoms with van der Waals surface area (Å²) in [6.45, 7) is 2.65. The summed E-state index contributed by atoms with van der Waals surface area (Å²) in [5, 5.41) is 3.23. The van der Waals surface area contributed by atoms with E-state index in [0.717, 1.165) is 37.8 Å². The molecule has 1 aliphatic rings. The van der Waals surface area contributed by atoms with Gasteiger partial charge in [-0.1, -0.05) is 11.6 Å². The SMILES string of the molecule is Cc1cnc(Cl)c(NC(=O)C2CCC(CN)CC2)c1. The van der Waals surface area contributed by atoms with Crippen LogP contribution in [0.4, 0.5) is 5.69 Å². The molecule has 1 heterocycles. The molecule has 1 saturated carbocycles. The molecule has 0 saturated heterocycles. The lowest BCUT2D eigenvalue weighted by molar-refractivity contribution is -0.121. The fourth-order valence-electron chi connectivity index (χ4n) is 2.54. The van der Waals surface area contributed by atoms with Gasteiger partial charge < -0.3 is 11.1 Å². The summed E-state index contributed by atoms with van der Waals surface area (Å²) in [4.78, 5) is 16.2. The molecule has 1 amide bonds. The standard InChI is InChI=1S/C14H20ClN3O/c1-9-6-12(13(15)17-8-9)18-14(19)11-4-2-10(7-16)3-5-11/h6,8,10-11H,2-5,7,16H2,1H3,(H,18,19). The highest BCUT2D eigenvalue weighted by molar-refractivity contribution is 6.32. The normalized spacial score (nSPS) is 23.1. The van der Waals surface area contributed by atoms with Crippen molar-refractivity contribution in [3.8, 4) is 0 Å². The quantitative estimate of drug-likeness (QED) is 0.837. The number of anilines is 1. The van der Waals surface area contributed by atoms with Gasteiger partial charge in [-0.15, -0.1) is 0 Å². The van der Waals surface area contributed by atoms with Crippen LogP contribution in [0.15, 0.2) is 12.3 Å². The highest BCUT2D eigenvalue weighted by atomic mass is 35.5. The first-order valence-corrected chi connectivity index (χ1v) is 7.11. The number of nitrogens with two attached hydrogens (primary N) is 1. The van der Waals surface area contributed by atoms with E-state index < -0.39 is 0 Å². The molecule has 0 bridgehead atoms. The number of halogens is 1. The first-order valence-electron chi connectivity index (χ1n) is 6.73. The minimum absolute atomic E-state index is 0.0461. The van der Waals surface area contributed by atoms with Crippen molar-refractivity contribution in [1.29, 1.82) is 0 Å². The van der Waals surface area contributed by atoms with Crippen molar-refractivity contribution in [2.45, 2.75) is 32.6 Å². The summed E-state index contributed by atoms with van der Waals surface area (Å²) < 4.78 is 0. The van der Waals surface area contributed by atoms with Crippen molar-refractivity contribution in [2.24, 2.45) is 17.6 Å². The lowest BCUT2D eigenvalue weighted by Crippen LogP contribution is -2.29. The summed E-state index contributed by atoms with van der Waals surface area (Å²) in [7, 11) is 0. The molecule has 2 rings (SSSR count). The van der Waals surface area contributed by atoms with Crippen LogP contribution < -0.4 is 11.1 Å². The maximum Gasteiger partial charge on any atom is 0.227 e.